The lowest BCUT2D eigenvalue weighted by Crippen LogP contribution is -2.35. The maximum absolute atomic E-state index is 12.0. The number of nitrogens with two attached hydrogens (primary N) is 1. The van der Waals surface area contributed by atoms with Gasteiger partial charge < -0.3 is 10.6 Å². The van der Waals surface area contributed by atoms with Gasteiger partial charge in [-0.2, -0.15) is 5.10 Å². The molecule has 7 nitrogen and oxygen atoms in total. The van der Waals surface area contributed by atoms with Crippen molar-refractivity contribution in [1.82, 2.24) is 19.7 Å². The molecule has 0 aliphatic carbocycles. The van der Waals surface area contributed by atoms with Gasteiger partial charge in [-0.25, -0.2) is 14.6 Å². The van der Waals surface area contributed by atoms with Gasteiger partial charge in [-0.05, 0) is 31.9 Å². The molecule has 0 unspecified atom stereocenters. The molecule has 7 heteroatoms. The van der Waals surface area contributed by atoms with Crippen molar-refractivity contribution in [2.45, 2.75) is 25.7 Å². The Labute approximate surface area is 157 Å². The van der Waals surface area contributed by atoms with Crippen LogP contribution in [0.3, 0.4) is 0 Å². The standard InChI is InChI=1S/C20H22N6O/c1-14-10-18(23-13-22-14)25-9-5-6-15(11-25)19-17(20(21)27)12-26(24-19)16-7-3-2-4-8-16/h2-4,7-8,10,12-13,15H,5-6,9,11H2,1H3,(H2,21,27)/t15-/m0/s1. The first-order chi connectivity index (χ1) is 13.1. The number of aryl methyl sites for hydroxylation is 1. The molecule has 1 atom stereocenters. The van der Waals surface area contributed by atoms with Gasteiger partial charge in [0.2, 0.25) is 0 Å². The highest BCUT2D eigenvalue weighted by atomic mass is 16.1. The summed E-state index contributed by atoms with van der Waals surface area (Å²) >= 11 is 0. The topological polar surface area (TPSA) is 89.9 Å². The predicted octanol–water partition coefficient (Wildman–Crippen LogP) is 2.45. The monoisotopic (exact) mass is 362 g/mol. The van der Waals surface area contributed by atoms with Gasteiger partial charge in [-0.15, -0.1) is 0 Å². The maximum Gasteiger partial charge on any atom is 0.252 e. The molecule has 3 heterocycles. The van der Waals surface area contributed by atoms with Crippen molar-refractivity contribution in [2.24, 2.45) is 5.73 Å². The van der Waals surface area contributed by atoms with E-state index in [2.05, 4.69) is 14.9 Å². The fraction of sp³-hybridized carbons (Fsp3) is 0.300. The Morgan fingerprint density at radius 1 is 1.22 bits per heavy atom. The second-order valence-electron chi connectivity index (χ2n) is 6.88. The van der Waals surface area contributed by atoms with E-state index >= 15 is 0 Å². The van der Waals surface area contributed by atoms with Crippen molar-refractivity contribution in [2.75, 3.05) is 18.0 Å². The summed E-state index contributed by atoms with van der Waals surface area (Å²) < 4.78 is 1.74. The van der Waals surface area contributed by atoms with E-state index in [1.54, 1.807) is 17.2 Å². The number of aromatic nitrogens is 4. The van der Waals surface area contributed by atoms with E-state index in [-0.39, 0.29) is 5.92 Å². The Bertz CT molecular complexity index is 952. The Morgan fingerprint density at radius 2 is 2.04 bits per heavy atom. The van der Waals surface area contributed by atoms with Crippen molar-refractivity contribution in [1.29, 1.82) is 0 Å². The number of carbonyl (C=O) groups is 1. The van der Waals surface area contributed by atoms with Crippen molar-refractivity contribution in [3.63, 3.8) is 0 Å². The zero-order valence-corrected chi connectivity index (χ0v) is 15.2. The van der Waals surface area contributed by atoms with Gasteiger partial charge in [-0.3, -0.25) is 4.79 Å². The van der Waals surface area contributed by atoms with Crippen LogP contribution in [-0.2, 0) is 0 Å². The van der Waals surface area contributed by atoms with E-state index in [0.717, 1.165) is 48.8 Å². The van der Waals surface area contributed by atoms with Crippen LogP contribution in [-0.4, -0.2) is 38.7 Å². The van der Waals surface area contributed by atoms with Crippen molar-refractivity contribution in [3.8, 4) is 5.69 Å². The van der Waals surface area contributed by atoms with E-state index < -0.39 is 5.91 Å². The Morgan fingerprint density at radius 3 is 2.78 bits per heavy atom. The number of carbonyl (C=O) groups excluding carboxylic acids is 1. The highest BCUT2D eigenvalue weighted by Gasteiger charge is 2.28. The Kier molecular flexibility index (Phi) is 4.58. The van der Waals surface area contributed by atoms with Crippen LogP contribution < -0.4 is 10.6 Å². The second-order valence-corrected chi connectivity index (χ2v) is 6.88. The number of para-hydroxylation sites is 1. The maximum atomic E-state index is 12.0. The molecule has 3 aromatic rings. The van der Waals surface area contributed by atoms with E-state index in [9.17, 15) is 4.79 Å². The SMILES string of the molecule is Cc1cc(N2CCC[C@H](c3nn(-c4ccccc4)cc3C(N)=O)C2)ncn1. The number of hydrogen-bond acceptors (Lipinski definition) is 5. The van der Waals surface area contributed by atoms with Gasteiger partial charge in [0.05, 0.1) is 16.9 Å². The van der Waals surface area contributed by atoms with Crippen LogP contribution in [0.5, 0.6) is 0 Å². The average Bonchev–Trinajstić information content (AvgIpc) is 3.15. The first-order valence-corrected chi connectivity index (χ1v) is 9.10. The Hall–Kier alpha value is -3.22. The van der Waals surface area contributed by atoms with Gasteiger partial charge in [-0.1, -0.05) is 18.2 Å². The molecule has 1 aliphatic rings. The lowest BCUT2D eigenvalue weighted by Gasteiger charge is -2.33. The predicted molar refractivity (Wildman–Crippen MR) is 103 cm³/mol. The molecule has 27 heavy (non-hydrogen) atoms. The Balaban J connectivity index is 1.65. The summed E-state index contributed by atoms with van der Waals surface area (Å²) in [6.07, 6.45) is 5.30. The molecule has 1 aromatic carbocycles. The van der Waals surface area contributed by atoms with Crippen LogP contribution in [0, 0.1) is 6.92 Å². The summed E-state index contributed by atoms with van der Waals surface area (Å²) in [7, 11) is 0. The first kappa shape index (κ1) is 17.2. The molecule has 1 aliphatic heterocycles. The molecule has 138 valence electrons. The summed E-state index contributed by atoms with van der Waals surface area (Å²) in [5.74, 6) is 0.596. The van der Waals surface area contributed by atoms with Crippen LogP contribution >= 0.6 is 0 Å². The molecule has 1 saturated heterocycles. The molecule has 4 rings (SSSR count). The minimum Gasteiger partial charge on any atom is -0.365 e. The highest BCUT2D eigenvalue weighted by Crippen LogP contribution is 2.31. The van der Waals surface area contributed by atoms with Gasteiger partial charge in [0, 0.05) is 37.0 Å². The van der Waals surface area contributed by atoms with Crippen LogP contribution in [0.15, 0.2) is 48.9 Å². The quantitative estimate of drug-likeness (QED) is 0.770. The average molecular weight is 362 g/mol. The summed E-state index contributed by atoms with van der Waals surface area (Å²) in [6.45, 7) is 3.64. The summed E-state index contributed by atoms with van der Waals surface area (Å²) in [4.78, 5) is 22.8. The van der Waals surface area contributed by atoms with Crippen LogP contribution in [0.4, 0.5) is 5.82 Å². The largest absolute Gasteiger partial charge is 0.365 e. The fourth-order valence-electron chi connectivity index (χ4n) is 3.61. The van der Waals surface area contributed by atoms with Gasteiger partial charge in [0.25, 0.3) is 5.91 Å². The number of primary amides is 1. The van der Waals surface area contributed by atoms with E-state index in [0.29, 0.717) is 5.56 Å². The highest BCUT2D eigenvalue weighted by molar-refractivity contribution is 5.94. The van der Waals surface area contributed by atoms with Gasteiger partial charge >= 0.3 is 0 Å². The number of hydrogen-bond donors (Lipinski definition) is 1. The van der Waals surface area contributed by atoms with Crippen molar-refractivity contribution in [3.05, 3.63) is 65.9 Å². The van der Waals surface area contributed by atoms with Gasteiger partial charge in [0.1, 0.15) is 12.1 Å². The zero-order valence-electron chi connectivity index (χ0n) is 15.2. The third kappa shape index (κ3) is 3.53. The van der Waals surface area contributed by atoms with E-state index in [4.69, 9.17) is 10.8 Å². The molecular weight excluding hydrogens is 340 g/mol. The molecule has 2 N–H and O–H groups in total. The number of benzene rings is 1. The molecular formula is C20H22N6O. The van der Waals surface area contributed by atoms with Crippen LogP contribution in [0.1, 0.15) is 40.5 Å². The smallest absolute Gasteiger partial charge is 0.252 e. The molecule has 1 amide bonds. The number of piperidine rings is 1. The second kappa shape index (κ2) is 7.19. The number of nitrogens with zero attached hydrogens (tertiary/aromatic N) is 5. The fourth-order valence-corrected chi connectivity index (χ4v) is 3.61. The lowest BCUT2D eigenvalue weighted by molar-refractivity contribution is 0.0999. The molecule has 0 radical (unpaired) electrons. The lowest BCUT2D eigenvalue weighted by atomic mass is 9.92. The van der Waals surface area contributed by atoms with E-state index in [1.807, 2.05) is 43.3 Å². The molecule has 1 fully saturated rings. The molecule has 2 aromatic heterocycles. The number of amides is 1. The minimum absolute atomic E-state index is 0.126. The summed E-state index contributed by atoms with van der Waals surface area (Å²) in [5.41, 5.74) is 8.75. The molecule has 0 bridgehead atoms. The minimum atomic E-state index is -0.442. The zero-order chi connectivity index (χ0) is 18.8. The first-order valence-electron chi connectivity index (χ1n) is 9.10. The molecule has 0 saturated carbocycles. The van der Waals surface area contributed by atoms with Gasteiger partial charge in [0.15, 0.2) is 0 Å². The van der Waals surface area contributed by atoms with Crippen LogP contribution in [0.2, 0.25) is 0 Å². The summed E-state index contributed by atoms with van der Waals surface area (Å²) in [6, 6.07) is 11.7. The normalized spacial score (nSPS) is 17.1. The summed E-state index contributed by atoms with van der Waals surface area (Å²) in [5, 5.41) is 4.73. The number of rotatable bonds is 4. The number of anilines is 1. The van der Waals surface area contributed by atoms with Crippen molar-refractivity contribution < 1.29 is 4.79 Å². The van der Waals surface area contributed by atoms with E-state index in [1.165, 1.54) is 0 Å². The van der Waals surface area contributed by atoms with Crippen molar-refractivity contribution >= 4 is 11.7 Å². The third-order valence-electron chi connectivity index (χ3n) is 4.95. The third-order valence-corrected chi connectivity index (χ3v) is 4.95. The molecule has 0 spiro atoms. The van der Waals surface area contributed by atoms with Crippen LogP contribution in [0.25, 0.3) is 5.69 Å².